The smallest absolute Gasteiger partial charge is 0.253 e. The molecule has 0 saturated carbocycles. The Morgan fingerprint density at radius 3 is 2.77 bits per heavy atom. The highest BCUT2D eigenvalue weighted by atomic mass is 35.5. The predicted octanol–water partition coefficient (Wildman–Crippen LogP) is 3.45. The molecule has 1 aliphatic heterocycles. The first-order chi connectivity index (χ1) is 12.5. The summed E-state index contributed by atoms with van der Waals surface area (Å²) in [5.74, 6) is 0.0440. The van der Waals surface area contributed by atoms with E-state index in [-0.39, 0.29) is 18.6 Å². The Bertz CT molecular complexity index is 793. The van der Waals surface area contributed by atoms with Gasteiger partial charge in [-0.15, -0.1) is 0 Å². The maximum Gasteiger partial charge on any atom is 0.253 e. The number of carbonyl (C=O) groups excluding carboxylic acids is 1. The molecule has 1 atom stereocenters. The van der Waals surface area contributed by atoms with Crippen LogP contribution in [0.4, 0.5) is 0 Å². The molecular weight excluding hydrogens is 348 g/mol. The van der Waals surface area contributed by atoms with Crippen molar-refractivity contribution in [3.05, 3.63) is 58.6 Å². The van der Waals surface area contributed by atoms with E-state index >= 15 is 0 Å². The van der Waals surface area contributed by atoms with Crippen molar-refractivity contribution in [1.29, 1.82) is 0 Å². The van der Waals surface area contributed by atoms with Crippen LogP contribution in [0.2, 0.25) is 5.02 Å². The molecule has 3 rings (SSSR count). The molecule has 1 aliphatic rings. The van der Waals surface area contributed by atoms with Crippen molar-refractivity contribution in [2.75, 3.05) is 33.3 Å². The third-order valence-corrected chi connectivity index (χ3v) is 5.62. The fraction of sp³-hybridized carbons (Fsp3) is 0.381. The minimum Gasteiger partial charge on any atom is -0.396 e. The topological polar surface area (TPSA) is 43.8 Å². The molecule has 0 bridgehead atoms. The van der Waals surface area contributed by atoms with Crippen LogP contribution in [0.1, 0.15) is 22.3 Å². The van der Waals surface area contributed by atoms with Crippen LogP contribution in [0.15, 0.2) is 42.5 Å². The van der Waals surface area contributed by atoms with Crippen LogP contribution < -0.4 is 0 Å². The summed E-state index contributed by atoms with van der Waals surface area (Å²) in [4.78, 5) is 17.1. The third kappa shape index (κ3) is 3.93. The molecule has 26 heavy (non-hydrogen) atoms. The van der Waals surface area contributed by atoms with E-state index in [1.165, 1.54) is 0 Å². The van der Waals surface area contributed by atoms with Crippen molar-refractivity contribution >= 4 is 17.5 Å². The number of halogens is 1. The fourth-order valence-electron chi connectivity index (χ4n) is 3.51. The molecule has 0 spiro atoms. The number of likely N-dealkylation sites (N-methyl/N-ethyl adjacent to an activating group) is 1. The number of hydrogen-bond donors (Lipinski definition) is 1. The summed E-state index contributed by atoms with van der Waals surface area (Å²) in [5.41, 5.74) is 3.75. The summed E-state index contributed by atoms with van der Waals surface area (Å²) >= 11 is 6.25. The Balaban J connectivity index is 1.84. The van der Waals surface area contributed by atoms with Crippen molar-refractivity contribution in [2.45, 2.75) is 19.4 Å². The van der Waals surface area contributed by atoms with Crippen molar-refractivity contribution in [3.63, 3.8) is 0 Å². The Labute approximate surface area is 160 Å². The van der Waals surface area contributed by atoms with Crippen LogP contribution in [0.3, 0.4) is 0 Å². The van der Waals surface area contributed by atoms with Crippen LogP contribution in [0.25, 0.3) is 11.1 Å². The van der Waals surface area contributed by atoms with Crippen LogP contribution in [0, 0.1) is 6.92 Å². The molecule has 2 aromatic rings. The number of benzene rings is 2. The zero-order valence-corrected chi connectivity index (χ0v) is 16.0. The summed E-state index contributed by atoms with van der Waals surface area (Å²) in [6, 6.07) is 13.8. The van der Waals surface area contributed by atoms with Crippen LogP contribution in [0.5, 0.6) is 0 Å². The minimum atomic E-state index is 0.0440. The number of carbonyl (C=O) groups is 1. The summed E-state index contributed by atoms with van der Waals surface area (Å²) in [6.45, 7) is 4.31. The lowest BCUT2D eigenvalue weighted by atomic mass is 9.98. The number of piperazine rings is 1. The molecule has 1 N–H and O–H groups in total. The lowest BCUT2D eigenvalue weighted by Crippen LogP contribution is -2.53. The Morgan fingerprint density at radius 2 is 2.00 bits per heavy atom. The first-order valence-electron chi connectivity index (χ1n) is 8.97. The van der Waals surface area contributed by atoms with Gasteiger partial charge in [0.2, 0.25) is 0 Å². The maximum atomic E-state index is 13.0. The van der Waals surface area contributed by atoms with Gasteiger partial charge in [0, 0.05) is 42.9 Å². The van der Waals surface area contributed by atoms with E-state index in [9.17, 15) is 9.90 Å². The quantitative estimate of drug-likeness (QED) is 0.893. The van der Waals surface area contributed by atoms with E-state index in [1.807, 2.05) is 61.3 Å². The molecule has 0 radical (unpaired) electrons. The van der Waals surface area contributed by atoms with Gasteiger partial charge in [0.25, 0.3) is 5.91 Å². The normalized spacial score (nSPS) is 18.2. The Morgan fingerprint density at radius 1 is 1.23 bits per heavy atom. The largest absolute Gasteiger partial charge is 0.396 e. The van der Waals surface area contributed by atoms with E-state index in [0.717, 1.165) is 28.3 Å². The molecule has 1 saturated heterocycles. The molecule has 0 aliphatic carbocycles. The number of aliphatic hydroxyl groups is 1. The second-order valence-electron chi connectivity index (χ2n) is 6.89. The summed E-state index contributed by atoms with van der Waals surface area (Å²) in [7, 11) is 2.05. The predicted molar refractivity (Wildman–Crippen MR) is 106 cm³/mol. The highest BCUT2D eigenvalue weighted by molar-refractivity contribution is 6.31. The number of hydrogen-bond acceptors (Lipinski definition) is 3. The highest BCUT2D eigenvalue weighted by Crippen LogP contribution is 2.29. The average molecular weight is 373 g/mol. The van der Waals surface area contributed by atoms with E-state index in [2.05, 4.69) is 4.90 Å². The summed E-state index contributed by atoms with van der Waals surface area (Å²) < 4.78 is 0. The molecule has 1 fully saturated rings. The van der Waals surface area contributed by atoms with Crippen molar-refractivity contribution in [2.24, 2.45) is 0 Å². The summed E-state index contributed by atoms with van der Waals surface area (Å²) in [5, 5.41) is 9.98. The molecule has 1 heterocycles. The molecule has 5 heteroatoms. The fourth-order valence-corrected chi connectivity index (χ4v) is 3.69. The van der Waals surface area contributed by atoms with Gasteiger partial charge in [0.15, 0.2) is 0 Å². The van der Waals surface area contributed by atoms with Gasteiger partial charge in [0.1, 0.15) is 0 Å². The second kappa shape index (κ2) is 8.21. The Kier molecular flexibility index (Phi) is 5.97. The van der Waals surface area contributed by atoms with Crippen molar-refractivity contribution < 1.29 is 9.90 Å². The molecule has 2 aromatic carbocycles. The van der Waals surface area contributed by atoms with Gasteiger partial charge in [-0.1, -0.05) is 35.9 Å². The standard InChI is InChI=1S/C21H25ClN2O2/c1-15-19(7-4-8-20(15)22)16-5-3-6-17(13-16)21(26)24-11-10-23(2)18(14-24)9-12-25/h3-8,13,18,25H,9-12,14H2,1-2H3. The van der Waals surface area contributed by atoms with E-state index < -0.39 is 0 Å². The number of rotatable bonds is 4. The van der Waals surface area contributed by atoms with Crippen molar-refractivity contribution in [1.82, 2.24) is 9.80 Å². The number of amides is 1. The molecule has 1 unspecified atom stereocenters. The van der Waals surface area contributed by atoms with Gasteiger partial charge < -0.3 is 10.0 Å². The maximum absolute atomic E-state index is 13.0. The van der Waals surface area contributed by atoms with Crippen LogP contribution in [-0.4, -0.2) is 60.1 Å². The molecule has 4 nitrogen and oxygen atoms in total. The molecule has 1 amide bonds. The molecule has 138 valence electrons. The second-order valence-corrected chi connectivity index (χ2v) is 7.30. The highest BCUT2D eigenvalue weighted by Gasteiger charge is 2.27. The lowest BCUT2D eigenvalue weighted by Gasteiger charge is -2.39. The van der Waals surface area contributed by atoms with Gasteiger partial charge in [0.05, 0.1) is 0 Å². The zero-order chi connectivity index (χ0) is 18.7. The average Bonchev–Trinajstić information content (AvgIpc) is 2.65. The third-order valence-electron chi connectivity index (χ3n) is 5.21. The monoisotopic (exact) mass is 372 g/mol. The van der Waals surface area contributed by atoms with E-state index in [4.69, 9.17) is 11.6 Å². The Hall–Kier alpha value is -1.88. The van der Waals surface area contributed by atoms with Gasteiger partial charge >= 0.3 is 0 Å². The zero-order valence-electron chi connectivity index (χ0n) is 15.3. The first kappa shape index (κ1) is 18.9. The van der Waals surface area contributed by atoms with Crippen molar-refractivity contribution in [3.8, 4) is 11.1 Å². The van der Waals surface area contributed by atoms with Crippen LogP contribution >= 0.6 is 11.6 Å². The lowest BCUT2D eigenvalue weighted by molar-refractivity contribution is 0.0500. The van der Waals surface area contributed by atoms with E-state index in [0.29, 0.717) is 25.1 Å². The number of nitrogens with zero attached hydrogens (tertiary/aromatic N) is 2. The number of aliphatic hydroxyl groups excluding tert-OH is 1. The molecular formula is C21H25ClN2O2. The van der Waals surface area contributed by atoms with E-state index in [1.54, 1.807) is 0 Å². The molecule has 0 aromatic heterocycles. The van der Waals surface area contributed by atoms with Gasteiger partial charge in [-0.3, -0.25) is 9.69 Å². The summed E-state index contributed by atoms with van der Waals surface area (Å²) in [6.07, 6.45) is 0.683. The van der Waals surface area contributed by atoms with Gasteiger partial charge in [-0.05, 0) is 55.3 Å². The van der Waals surface area contributed by atoms with Gasteiger partial charge in [-0.2, -0.15) is 0 Å². The minimum absolute atomic E-state index is 0.0440. The van der Waals surface area contributed by atoms with Crippen LogP contribution in [-0.2, 0) is 0 Å². The van der Waals surface area contributed by atoms with Gasteiger partial charge in [-0.25, -0.2) is 0 Å². The SMILES string of the molecule is Cc1c(Cl)cccc1-c1cccc(C(=O)N2CCN(C)C(CCO)C2)c1. The first-order valence-corrected chi connectivity index (χ1v) is 9.35.